The zero-order chi connectivity index (χ0) is 16.8. The molecule has 0 aliphatic heterocycles. The highest BCUT2D eigenvalue weighted by Crippen LogP contribution is 2.22. The molecule has 0 N–H and O–H groups in total. The maximum Gasteiger partial charge on any atom is 0.189 e. The second-order valence-electron chi connectivity index (χ2n) is 5.52. The van der Waals surface area contributed by atoms with Gasteiger partial charge in [-0.3, -0.25) is 4.79 Å². The lowest BCUT2D eigenvalue weighted by molar-refractivity contribution is 0.104. The highest BCUT2D eigenvalue weighted by atomic mass is 16.5. The van der Waals surface area contributed by atoms with E-state index in [-0.39, 0.29) is 5.78 Å². The average molecular weight is 314 g/mol. The van der Waals surface area contributed by atoms with Crippen LogP contribution in [0.25, 0.3) is 5.76 Å². The van der Waals surface area contributed by atoms with Crippen LogP contribution in [0.4, 0.5) is 0 Å². The summed E-state index contributed by atoms with van der Waals surface area (Å²) in [4.78, 5) is 12.5. The van der Waals surface area contributed by atoms with Crippen LogP contribution in [0.1, 0.15) is 21.5 Å². The van der Waals surface area contributed by atoms with Crippen LogP contribution in [-0.4, -0.2) is 5.78 Å². The van der Waals surface area contributed by atoms with Crippen LogP contribution in [0.2, 0.25) is 0 Å². The molecule has 0 saturated heterocycles. The number of carbonyl (C=O) groups is 1. The van der Waals surface area contributed by atoms with Gasteiger partial charge in [0, 0.05) is 17.2 Å². The van der Waals surface area contributed by atoms with Crippen LogP contribution in [0.15, 0.2) is 91.0 Å². The second-order valence-corrected chi connectivity index (χ2v) is 5.52. The van der Waals surface area contributed by atoms with Gasteiger partial charge in [0.25, 0.3) is 0 Å². The van der Waals surface area contributed by atoms with E-state index in [4.69, 9.17) is 4.74 Å². The molecule has 0 spiro atoms. The van der Waals surface area contributed by atoms with Gasteiger partial charge in [-0.15, -0.1) is 0 Å². The molecule has 2 heteroatoms. The fraction of sp³-hybridized carbons (Fsp3) is 0.0455. The molecule has 0 aromatic heterocycles. The lowest BCUT2D eigenvalue weighted by atomic mass is 10.1. The number of hydrogen-bond acceptors (Lipinski definition) is 2. The maximum atomic E-state index is 12.5. The van der Waals surface area contributed by atoms with Crippen molar-refractivity contribution in [2.45, 2.75) is 6.92 Å². The number of rotatable bonds is 5. The van der Waals surface area contributed by atoms with Crippen LogP contribution >= 0.6 is 0 Å². The van der Waals surface area contributed by atoms with Crippen molar-refractivity contribution in [2.24, 2.45) is 0 Å². The molecule has 0 heterocycles. The van der Waals surface area contributed by atoms with Crippen LogP contribution in [0.3, 0.4) is 0 Å². The van der Waals surface area contributed by atoms with Gasteiger partial charge in [0.2, 0.25) is 0 Å². The first-order valence-electron chi connectivity index (χ1n) is 7.83. The summed E-state index contributed by atoms with van der Waals surface area (Å²) < 4.78 is 5.99. The van der Waals surface area contributed by atoms with Crippen molar-refractivity contribution in [3.05, 3.63) is 108 Å². The minimum absolute atomic E-state index is 0.0819. The Kier molecular flexibility index (Phi) is 4.87. The summed E-state index contributed by atoms with van der Waals surface area (Å²) in [6.45, 7) is 2.02. The highest BCUT2D eigenvalue weighted by molar-refractivity contribution is 6.08. The quantitative estimate of drug-likeness (QED) is 0.363. The van der Waals surface area contributed by atoms with Gasteiger partial charge in [0.15, 0.2) is 5.78 Å². The van der Waals surface area contributed by atoms with Crippen LogP contribution in [0, 0.1) is 6.92 Å². The number of carbonyl (C=O) groups excluding carboxylic acids is 1. The van der Waals surface area contributed by atoms with Gasteiger partial charge < -0.3 is 4.74 Å². The standard InChI is InChI=1S/C22H18O2/c1-17-12-14-20(15-13-17)24-22(19-10-6-3-7-11-19)16-21(23)18-8-4-2-5-9-18/h2-16H,1H3/b22-16+. The zero-order valence-electron chi connectivity index (χ0n) is 13.5. The molecular formula is C22H18O2. The van der Waals surface area contributed by atoms with Crippen molar-refractivity contribution in [3.63, 3.8) is 0 Å². The largest absolute Gasteiger partial charge is 0.457 e. The number of ketones is 1. The highest BCUT2D eigenvalue weighted by Gasteiger charge is 2.09. The second kappa shape index (κ2) is 7.42. The Labute approximate surface area is 142 Å². The fourth-order valence-electron chi connectivity index (χ4n) is 2.31. The molecule has 0 atom stereocenters. The van der Waals surface area contributed by atoms with Crippen molar-refractivity contribution in [3.8, 4) is 5.75 Å². The summed E-state index contributed by atoms with van der Waals surface area (Å²) >= 11 is 0. The van der Waals surface area contributed by atoms with E-state index in [0.29, 0.717) is 17.1 Å². The van der Waals surface area contributed by atoms with Gasteiger partial charge in [-0.2, -0.15) is 0 Å². The molecule has 24 heavy (non-hydrogen) atoms. The monoisotopic (exact) mass is 314 g/mol. The number of allylic oxidation sites excluding steroid dienone is 1. The van der Waals surface area contributed by atoms with E-state index < -0.39 is 0 Å². The van der Waals surface area contributed by atoms with Gasteiger partial charge in [-0.05, 0) is 19.1 Å². The minimum atomic E-state index is -0.0819. The van der Waals surface area contributed by atoms with Crippen LogP contribution in [0.5, 0.6) is 5.75 Å². The Morgan fingerprint density at radius 1 is 0.750 bits per heavy atom. The Morgan fingerprint density at radius 2 is 1.29 bits per heavy atom. The van der Waals surface area contributed by atoms with Gasteiger partial charge >= 0.3 is 0 Å². The predicted octanol–water partition coefficient (Wildman–Crippen LogP) is 5.30. The van der Waals surface area contributed by atoms with Gasteiger partial charge in [-0.25, -0.2) is 0 Å². The number of ether oxygens (including phenoxy) is 1. The maximum absolute atomic E-state index is 12.5. The molecule has 0 fully saturated rings. The molecule has 0 radical (unpaired) electrons. The van der Waals surface area contributed by atoms with Gasteiger partial charge in [0.1, 0.15) is 11.5 Å². The van der Waals surface area contributed by atoms with Gasteiger partial charge in [-0.1, -0.05) is 78.4 Å². The third-order valence-electron chi connectivity index (χ3n) is 3.63. The number of hydrogen-bond donors (Lipinski definition) is 0. The Morgan fingerprint density at radius 3 is 1.88 bits per heavy atom. The lowest BCUT2D eigenvalue weighted by Gasteiger charge is -2.11. The topological polar surface area (TPSA) is 26.3 Å². The Bertz CT molecular complexity index is 832. The molecule has 0 unspecified atom stereocenters. The summed E-state index contributed by atoms with van der Waals surface area (Å²) in [5.74, 6) is 1.16. The predicted molar refractivity (Wildman–Crippen MR) is 97.0 cm³/mol. The summed E-state index contributed by atoms with van der Waals surface area (Å²) in [6.07, 6.45) is 1.55. The number of benzene rings is 3. The van der Waals surface area contributed by atoms with Gasteiger partial charge in [0.05, 0.1) is 0 Å². The summed E-state index contributed by atoms with van der Waals surface area (Å²) in [6, 6.07) is 26.6. The lowest BCUT2D eigenvalue weighted by Crippen LogP contribution is -2.01. The average Bonchev–Trinajstić information content (AvgIpc) is 2.64. The zero-order valence-corrected chi connectivity index (χ0v) is 13.5. The molecule has 3 rings (SSSR count). The fourth-order valence-corrected chi connectivity index (χ4v) is 2.31. The van der Waals surface area contributed by atoms with Crippen LogP contribution in [-0.2, 0) is 0 Å². The SMILES string of the molecule is Cc1ccc(O/C(=C/C(=O)c2ccccc2)c2ccccc2)cc1. The normalized spacial score (nSPS) is 11.1. The van der Waals surface area contributed by atoms with E-state index >= 15 is 0 Å². The van der Waals surface area contributed by atoms with Crippen molar-refractivity contribution < 1.29 is 9.53 Å². The van der Waals surface area contributed by atoms with E-state index in [1.165, 1.54) is 0 Å². The van der Waals surface area contributed by atoms with Crippen molar-refractivity contribution in [2.75, 3.05) is 0 Å². The molecule has 0 amide bonds. The Hall–Kier alpha value is -3.13. The molecule has 3 aromatic carbocycles. The first-order chi connectivity index (χ1) is 11.7. The van der Waals surface area contributed by atoms with E-state index in [1.54, 1.807) is 18.2 Å². The Balaban J connectivity index is 1.94. The first-order valence-corrected chi connectivity index (χ1v) is 7.83. The van der Waals surface area contributed by atoms with E-state index in [0.717, 1.165) is 11.1 Å². The molecule has 118 valence electrons. The van der Waals surface area contributed by atoms with Crippen LogP contribution < -0.4 is 4.74 Å². The molecular weight excluding hydrogens is 296 g/mol. The summed E-state index contributed by atoms with van der Waals surface area (Å²) in [5, 5.41) is 0. The van der Waals surface area contributed by atoms with E-state index in [9.17, 15) is 4.79 Å². The van der Waals surface area contributed by atoms with E-state index in [1.807, 2.05) is 79.7 Å². The molecule has 2 nitrogen and oxygen atoms in total. The van der Waals surface area contributed by atoms with Crippen molar-refractivity contribution in [1.82, 2.24) is 0 Å². The first kappa shape index (κ1) is 15.8. The molecule has 0 saturated carbocycles. The smallest absolute Gasteiger partial charge is 0.189 e. The molecule has 0 aliphatic carbocycles. The minimum Gasteiger partial charge on any atom is -0.457 e. The van der Waals surface area contributed by atoms with Crippen molar-refractivity contribution in [1.29, 1.82) is 0 Å². The van der Waals surface area contributed by atoms with Crippen molar-refractivity contribution >= 4 is 11.5 Å². The third kappa shape index (κ3) is 3.99. The third-order valence-corrected chi connectivity index (χ3v) is 3.63. The molecule has 0 aliphatic rings. The van der Waals surface area contributed by atoms with E-state index in [2.05, 4.69) is 0 Å². The molecule has 3 aromatic rings. The summed E-state index contributed by atoms with van der Waals surface area (Å²) in [5.41, 5.74) is 2.66. The number of aryl methyl sites for hydroxylation is 1. The molecule has 0 bridgehead atoms. The summed E-state index contributed by atoms with van der Waals surface area (Å²) in [7, 11) is 0.